The first-order valence-electron chi connectivity index (χ1n) is 4.34. The minimum Gasteiger partial charge on any atom is -0.259 e. The first kappa shape index (κ1) is 10.2. The third kappa shape index (κ3) is 2.04. The summed E-state index contributed by atoms with van der Waals surface area (Å²) in [6.45, 7) is 1.95. The van der Waals surface area contributed by atoms with Gasteiger partial charge >= 0.3 is 0 Å². The molecule has 0 aromatic carbocycles. The maximum atomic E-state index is 13.0. The molecule has 0 radical (unpaired) electrons. The van der Waals surface area contributed by atoms with Gasteiger partial charge in [-0.1, -0.05) is 21.1 Å². The molecule has 2 aromatic heterocycles. The number of hydrogen-bond acceptors (Lipinski definition) is 3. The van der Waals surface area contributed by atoms with Gasteiger partial charge in [-0.05, 0) is 6.92 Å². The quantitative estimate of drug-likeness (QED) is 0.787. The molecule has 0 fully saturated rings. The van der Waals surface area contributed by atoms with Gasteiger partial charge in [-0.3, -0.25) is 4.98 Å². The van der Waals surface area contributed by atoms with Crippen LogP contribution in [0.15, 0.2) is 24.7 Å². The molecule has 0 aliphatic carbocycles. The van der Waals surface area contributed by atoms with Gasteiger partial charge in [0.05, 0.1) is 34.8 Å². The molecule has 0 aliphatic heterocycles. The third-order valence-electron chi connectivity index (χ3n) is 1.92. The molecule has 0 amide bonds. The monoisotopic (exact) mass is 270 g/mol. The van der Waals surface area contributed by atoms with E-state index in [1.807, 2.05) is 6.92 Å². The van der Waals surface area contributed by atoms with E-state index in [9.17, 15) is 4.39 Å². The summed E-state index contributed by atoms with van der Waals surface area (Å²) in [7, 11) is 0. The van der Waals surface area contributed by atoms with Crippen LogP contribution in [0.3, 0.4) is 0 Å². The Morgan fingerprint density at radius 2 is 2.20 bits per heavy atom. The van der Waals surface area contributed by atoms with Crippen molar-refractivity contribution in [2.45, 2.75) is 11.8 Å². The van der Waals surface area contributed by atoms with Crippen molar-refractivity contribution >= 4 is 15.9 Å². The number of aromatic nitrogens is 4. The van der Waals surface area contributed by atoms with Crippen LogP contribution in [0.5, 0.6) is 0 Å². The van der Waals surface area contributed by atoms with Crippen LogP contribution in [0, 0.1) is 5.82 Å². The first-order chi connectivity index (χ1) is 7.18. The van der Waals surface area contributed by atoms with E-state index in [1.165, 1.54) is 12.3 Å². The Labute approximate surface area is 94.3 Å². The number of pyridine rings is 1. The Kier molecular flexibility index (Phi) is 2.77. The van der Waals surface area contributed by atoms with Crippen LogP contribution in [0.2, 0.25) is 0 Å². The lowest BCUT2D eigenvalue weighted by molar-refractivity contribution is 0.616. The summed E-state index contributed by atoms with van der Waals surface area (Å²) in [4.78, 5) is 3.86. The number of nitrogens with zero attached hydrogens (tertiary/aromatic N) is 4. The average molecular weight is 271 g/mol. The van der Waals surface area contributed by atoms with Gasteiger partial charge in [-0.15, -0.1) is 5.10 Å². The summed E-state index contributed by atoms with van der Waals surface area (Å²) in [5, 5.41) is 7.66. The average Bonchev–Trinajstić information content (AvgIpc) is 2.65. The molecule has 78 valence electrons. The lowest BCUT2D eigenvalue weighted by Crippen LogP contribution is -2.03. The molecule has 4 nitrogen and oxygen atoms in total. The number of alkyl halides is 1. The molecular formula is C9H8BrFN4. The van der Waals surface area contributed by atoms with Crippen LogP contribution in [0.25, 0.3) is 5.69 Å². The fraction of sp³-hybridized carbons (Fsp3) is 0.222. The highest BCUT2D eigenvalue weighted by atomic mass is 79.9. The SMILES string of the molecule is CC(Br)c1cnnn1-c1cncc(F)c1. The largest absolute Gasteiger partial charge is 0.259 e. The van der Waals surface area contributed by atoms with E-state index in [-0.39, 0.29) is 4.83 Å². The highest BCUT2D eigenvalue weighted by molar-refractivity contribution is 9.09. The molecule has 0 bridgehead atoms. The Bertz CT molecular complexity index is 469. The fourth-order valence-electron chi connectivity index (χ4n) is 1.23. The first-order valence-corrected chi connectivity index (χ1v) is 5.25. The summed E-state index contributed by atoms with van der Waals surface area (Å²) in [6, 6.07) is 1.36. The number of halogens is 2. The fourth-order valence-corrected chi connectivity index (χ4v) is 1.54. The summed E-state index contributed by atoms with van der Waals surface area (Å²) >= 11 is 3.41. The molecule has 0 saturated heterocycles. The minimum atomic E-state index is -0.392. The van der Waals surface area contributed by atoms with Crippen molar-refractivity contribution in [1.29, 1.82) is 0 Å². The summed E-state index contributed by atoms with van der Waals surface area (Å²) in [5.41, 5.74) is 1.41. The van der Waals surface area contributed by atoms with Crippen molar-refractivity contribution in [3.8, 4) is 5.69 Å². The zero-order chi connectivity index (χ0) is 10.8. The zero-order valence-electron chi connectivity index (χ0n) is 7.93. The van der Waals surface area contributed by atoms with E-state index in [1.54, 1.807) is 10.9 Å². The molecule has 6 heteroatoms. The third-order valence-corrected chi connectivity index (χ3v) is 2.39. The normalized spacial score (nSPS) is 12.7. The molecule has 0 saturated carbocycles. The van der Waals surface area contributed by atoms with Crippen LogP contribution >= 0.6 is 15.9 Å². The van der Waals surface area contributed by atoms with Crippen molar-refractivity contribution in [1.82, 2.24) is 20.0 Å². The Balaban J connectivity index is 2.49. The maximum absolute atomic E-state index is 13.0. The van der Waals surface area contributed by atoms with E-state index >= 15 is 0 Å². The standard InChI is InChI=1S/C9H8BrFN4/c1-6(10)9-5-13-14-15(9)8-2-7(11)3-12-4-8/h2-6H,1H3. The van der Waals surface area contributed by atoms with Crippen LogP contribution < -0.4 is 0 Å². The van der Waals surface area contributed by atoms with Gasteiger partial charge in [0.1, 0.15) is 5.82 Å². The van der Waals surface area contributed by atoms with E-state index in [4.69, 9.17) is 0 Å². The second kappa shape index (κ2) is 4.06. The van der Waals surface area contributed by atoms with Crippen molar-refractivity contribution in [3.05, 3.63) is 36.2 Å². The second-order valence-electron chi connectivity index (χ2n) is 3.05. The Morgan fingerprint density at radius 1 is 1.40 bits per heavy atom. The Hall–Kier alpha value is -1.30. The van der Waals surface area contributed by atoms with Gasteiger partial charge in [0, 0.05) is 6.07 Å². The van der Waals surface area contributed by atoms with Gasteiger partial charge in [-0.25, -0.2) is 9.07 Å². The van der Waals surface area contributed by atoms with E-state index in [0.717, 1.165) is 11.9 Å². The molecule has 15 heavy (non-hydrogen) atoms. The lowest BCUT2D eigenvalue weighted by atomic mass is 10.3. The second-order valence-corrected chi connectivity index (χ2v) is 4.42. The number of rotatable bonds is 2. The molecular weight excluding hydrogens is 263 g/mol. The highest BCUT2D eigenvalue weighted by Crippen LogP contribution is 2.22. The van der Waals surface area contributed by atoms with E-state index in [2.05, 4.69) is 31.2 Å². The summed E-state index contributed by atoms with van der Waals surface area (Å²) in [6.07, 6.45) is 4.32. The maximum Gasteiger partial charge on any atom is 0.143 e. The molecule has 0 spiro atoms. The van der Waals surface area contributed by atoms with Gasteiger partial charge < -0.3 is 0 Å². The van der Waals surface area contributed by atoms with Gasteiger partial charge in [0.15, 0.2) is 0 Å². The zero-order valence-corrected chi connectivity index (χ0v) is 9.52. The van der Waals surface area contributed by atoms with Crippen molar-refractivity contribution in [2.24, 2.45) is 0 Å². The van der Waals surface area contributed by atoms with Gasteiger partial charge in [0.2, 0.25) is 0 Å². The predicted molar refractivity (Wildman–Crippen MR) is 56.5 cm³/mol. The van der Waals surface area contributed by atoms with Crippen LogP contribution in [0.1, 0.15) is 17.4 Å². The van der Waals surface area contributed by atoms with Crippen LogP contribution in [0.4, 0.5) is 4.39 Å². The highest BCUT2D eigenvalue weighted by Gasteiger charge is 2.11. The molecule has 2 heterocycles. The van der Waals surface area contributed by atoms with Crippen molar-refractivity contribution < 1.29 is 4.39 Å². The topological polar surface area (TPSA) is 43.6 Å². The van der Waals surface area contributed by atoms with Crippen LogP contribution in [-0.2, 0) is 0 Å². The molecule has 0 aliphatic rings. The summed E-state index contributed by atoms with van der Waals surface area (Å²) < 4.78 is 14.5. The minimum absolute atomic E-state index is 0.0933. The molecule has 2 rings (SSSR count). The molecule has 1 unspecified atom stereocenters. The molecule has 1 atom stereocenters. The lowest BCUT2D eigenvalue weighted by Gasteiger charge is -2.06. The van der Waals surface area contributed by atoms with Crippen molar-refractivity contribution in [3.63, 3.8) is 0 Å². The Morgan fingerprint density at radius 3 is 2.87 bits per heavy atom. The van der Waals surface area contributed by atoms with Gasteiger partial charge in [0.25, 0.3) is 0 Å². The van der Waals surface area contributed by atoms with Gasteiger partial charge in [-0.2, -0.15) is 0 Å². The van der Waals surface area contributed by atoms with Crippen LogP contribution in [-0.4, -0.2) is 20.0 Å². The predicted octanol–water partition coefficient (Wildman–Crippen LogP) is 2.26. The van der Waals surface area contributed by atoms with Crippen molar-refractivity contribution in [2.75, 3.05) is 0 Å². The summed E-state index contributed by atoms with van der Waals surface area (Å²) in [5.74, 6) is -0.392. The smallest absolute Gasteiger partial charge is 0.143 e. The van der Waals surface area contributed by atoms with E-state index < -0.39 is 5.82 Å². The molecule has 2 aromatic rings. The number of hydrogen-bond donors (Lipinski definition) is 0. The molecule has 0 N–H and O–H groups in total. The van der Waals surface area contributed by atoms with E-state index in [0.29, 0.717) is 5.69 Å².